The van der Waals surface area contributed by atoms with Crippen molar-refractivity contribution in [3.63, 3.8) is 0 Å². The predicted molar refractivity (Wildman–Crippen MR) is 103 cm³/mol. The SMILES string of the molecule is CC1(C)N=C(N)N=C(N)N1c1cccc(OCc2cccc([NH+]([O-])O)c2)c1. The first-order valence-corrected chi connectivity index (χ1v) is 8.31. The van der Waals surface area contributed by atoms with Gasteiger partial charge in [0.1, 0.15) is 18.0 Å². The first kappa shape index (κ1) is 18.6. The summed E-state index contributed by atoms with van der Waals surface area (Å²) in [5.74, 6) is 0.998. The van der Waals surface area contributed by atoms with E-state index in [0.717, 1.165) is 11.3 Å². The van der Waals surface area contributed by atoms with Crippen molar-refractivity contribution in [2.45, 2.75) is 26.1 Å². The van der Waals surface area contributed by atoms with Crippen LogP contribution in [0.5, 0.6) is 5.75 Å². The lowest BCUT2D eigenvalue weighted by Gasteiger charge is -2.38. The molecule has 142 valence electrons. The maximum absolute atomic E-state index is 11.1. The van der Waals surface area contributed by atoms with Crippen LogP contribution in [0.4, 0.5) is 11.4 Å². The highest BCUT2D eigenvalue weighted by atomic mass is 16.8. The van der Waals surface area contributed by atoms with E-state index in [0.29, 0.717) is 5.75 Å². The van der Waals surface area contributed by atoms with Gasteiger partial charge < -0.3 is 21.4 Å². The number of hydrogen-bond acceptors (Lipinski definition) is 8. The Labute approximate surface area is 156 Å². The van der Waals surface area contributed by atoms with E-state index < -0.39 is 10.9 Å². The topological polar surface area (TPSA) is 137 Å². The highest BCUT2D eigenvalue weighted by Gasteiger charge is 2.33. The second kappa shape index (κ2) is 7.23. The zero-order valence-corrected chi connectivity index (χ0v) is 15.1. The summed E-state index contributed by atoms with van der Waals surface area (Å²) >= 11 is 0. The van der Waals surface area contributed by atoms with Crippen molar-refractivity contribution >= 4 is 23.3 Å². The number of nitrogens with zero attached hydrogens (tertiary/aromatic N) is 3. The molecule has 1 unspecified atom stereocenters. The number of guanidine groups is 2. The summed E-state index contributed by atoms with van der Waals surface area (Å²) in [6.45, 7) is 4.00. The summed E-state index contributed by atoms with van der Waals surface area (Å²) in [4.78, 5) is 10.1. The van der Waals surface area contributed by atoms with Gasteiger partial charge in [-0.1, -0.05) is 18.2 Å². The molecule has 1 atom stereocenters. The van der Waals surface area contributed by atoms with E-state index >= 15 is 0 Å². The third-order valence-electron chi connectivity index (χ3n) is 4.05. The van der Waals surface area contributed by atoms with E-state index in [9.17, 15) is 5.21 Å². The van der Waals surface area contributed by atoms with Gasteiger partial charge in [-0.3, -0.25) is 4.90 Å². The molecule has 0 amide bonds. The molecule has 2 aromatic carbocycles. The molecule has 0 radical (unpaired) electrons. The fraction of sp³-hybridized carbons (Fsp3) is 0.222. The minimum Gasteiger partial charge on any atom is -0.595 e. The van der Waals surface area contributed by atoms with Gasteiger partial charge >= 0.3 is 0 Å². The second-order valence-electron chi connectivity index (χ2n) is 6.56. The third kappa shape index (κ3) is 4.17. The molecule has 6 N–H and O–H groups in total. The third-order valence-corrected chi connectivity index (χ3v) is 4.05. The van der Waals surface area contributed by atoms with Crippen LogP contribution in [0.1, 0.15) is 19.4 Å². The largest absolute Gasteiger partial charge is 0.595 e. The number of rotatable bonds is 5. The average molecular weight is 370 g/mol. The Balaban J connectivity index is 1.78. The van der Waals surface area contributed by atoms with Gasteiger partial charge in [-0.15, -0.1) is 0 Å². The van der Waals surface area contributed by atoms with Crippen LogP contribution in [0.3, 0.4) is 0 Å². The van der Waals surface area contributed by atoms with Gasteiger partial charge in [-0.25, -0.2) is 10.2 Å². The van der Waals surface area contributed by atoms with E-state index in [4.69, 9.17) is 21.4 Å². The molecule has 9 nitrogen and oxygen atoms in total. The standard InChI is InChI=1S/C18H22N6O3/c1-18(2)22-16(19)21-17(20)23(18)13-6-4-8-15(10-13)27-11-12-5-3-7-14(9-12)24(25)26/h3-10,24-25H,11H2,1-2H3,(H4,19,20,21,22). The zero-order valence-electron chi connectivity index (χ0n) is 15.1. The van der Waals surface area contributed by atoms with Crippen molar-refractivity contribution < 1.29 is 15.2 Å². The van der Waals surface area contributed by atoms with Gasteiger partial charge in [0, 0.05) is 23.9 Å². The maximum atomic E-state index is 11.1. The summed E-state index contributed by atoms with van der Waals surface area (Å²) in [6.07, 6.45) is 0. The number of anilines is 1. The Hall–Kier alpha value is -3.14. The molecule has 1 aliphatic rings. The number of hydrogen-bond donors (Lipinski definition) is 4. The van der Waals surface area contributed by atoms with Crippen molar-refractivity contribution in [2.75, 3.05) is 4.90 Å². The molecule has 0 bridgehead atoms. The minimum atomic E-state index is -0.972. The van der Waals surface area contributed by atoms with Crippen molar-refractivity contribution in [3.05, 3.63) is 59.3 Å². The normalized spacial score (nSPS) is 17.1. The lowest BCUT2D eigenvalue weighted by Crippen LogP contribution is -2.99. The molecule has 0 saturated carbocycles. The van der Waals surface area contributed by atoms with Gasteiger partial charge in [0.15, 0.2) is 5.69 Å². The van der Waals surface area contributed by atoms with Crippen molar-refractivity contribution in [1.82, 2.24) is 0 Å². The van der Waals surface area contributed by atoms with Crippen LogP contribution in [-0.4, -0.2) is 22.8 Å². The molecule has 1 aliphatic heterocycles. The van der Waals surface area contributed by atoms with E-state index in [1.807, 2.05) is 44.2 Å². The Morgan fingerprint density at radius 3 is 2.63 bits per heavy atom. The van der Waals surface area contributed by atoms with Crippen LogP contribution in [0.25, 0.3) is 0 Å². The number of nitrogens with two attached hydrogens (primary N) is 2. The number of ether oxygens (including phenoxy) is 1. The van der Waals surface area contributed by atoms with E-state index in [1.165, 1.54) is 0 Å². The van der Waals surface area contributed by atoms with Gasteiger partial charge in [-0.05, 0) is 31.5 Å². The summed E-state index contributed by atoms with van der Waals surface area (Å²) in [5.41, 5.74) is 12.8. The fourth-order valence-corrected chi connectivity index (χ4v) is 2.92. The van der Waals surface area contributed by atoms with E-state index in [2.05, 4.69) is 9.98 Å². The Morgan fingerprint density at radius 2 is 1.93 bits per heavy atom. The fourth-order valence-electron chi connectivity index (χ4n) is 2.92. The lowest BCUT2D eigenvalue weighted by atomic mass is 10.1. The Morgan fingerprint density at radius 1 is 1.19 bits per heavy atom. The molecule has 0 spiro atoms. The molecule has 0 aromatic heterocycles. The highest BCUT2D eigenvalue weighted by Crippen LogP contribution is 2.30. The van der Waals surface area contributed by atoms with Crippen LogP contribution < -0.4 is 26.3 Å². The van der Waals surface area contributed by atoms with Crippen LogP contribution >= 0.6 is 0 Å². The van der Waals surface area contributed by atoms with Gasteiger partial charge in [-0.2, -0.15) is 10.2 Å². The first-order chi connectivity index (χ1) is 12.8. The molecule has 0 aliphatic carbocycles. The lowest BCUT2D eigenvalue weighted by molar-refractivity contribution is -0.991. The summed E-state index contributed by atoms with van der Waals surface area (Å²) in [7, 11) is 0. The molecule has 0 saturated heterocycles. The van der Waals surface area contributed by atoms with Gasteiger partial charge in [0.25, 0.3) is 0 Å². The number of nitrogens with one attached hydrogen (secondary N) is 1. The monoisotopic (exact) mass is 370 g/mol. The molecule has 27 heavy (non-hydrogen) atoms. The molecular formula is C18H22N6O3. The Kier molecular flexibility index (Phi) is 5.00. The number of benzene rings is 2. The quantitative estimate of drug-likeness (QED) is 0.576. The number of aliphatic imine (C=N–C) groups is 2. The highest BCUT2D eigenvalue weighted by molar-refractivity contribution is 6.05. The molecule has 9 heteroatoms. The zero-order chi connectivity index (χ0) is 19.6. The van der Waals surface area contributed by atoms with Crippen molar-refractivity contribution in [3.8, 4) is 5.75 Å². The molecule has 0 fully saturated rings. The summed E-state index contributed by atoms with van der Waals surface area (Å²) in [6, 6.07) is 14.0. The average Bonchev–Trinajstić information content (AvgIpc) is 2.59. The second-order valence-corrected chi connectivity index (χ2v) is 6.56. The van der Waals surface area contributed by atoms with Gasteiger partial charge in [0.2, 0.25) is 11.9 Å². The van der Waals surface area contributed by atoms with E-state index in [-0.39, 0.29) is 24.2 Å². The molecule has 2 aromatic rings. The van der Waals surface area contributed by atoms with Crippen LogP contribution in [0.2, 0.25) is 0 Å². The molecule has 3 rings (SSSR count). The Bertz CT molecular complexity index is 894. The van der Waals surface area contributed by atoms with Crippen LogP contribution in [-0.2, 0) is 6.61 Å². The smallest absolute Gasteiger partial charge is 0.220 e. The van der Waals surface area contributed by atoms with Crippen molar-refractivity contribution in [1.29, 1.82) is 0 Å². The maximum Gasteiger partial charge on any atom is 0.220 e. The minimum absolute atomic E-state index is 0.138. The van der Waals surface area contributed by atoms with Crippen molar-refractivity contribution in [2.24, 2.45) is 21.5 Å². The molecular weight excluding hydrogens is 348 g/mol. The predicted octanol–water partition coefficient (Wildman–Crippen LogP) is 0.855. The number of quaternary nitrogens is 1. The first-order valence-electron chi connectivity index (χ1n) is 8.31. The van der Waals surface area contributed by atoms with Crippen LogP contribution in [0, 0.1) is 5.21 Å². The molecule has 1 heterocycles. The summed E-state index contributed by atoms with van der Waals surface area (Å²) in [5, 5.41) is 19.2. The van der Waals surface area contributed by atoms with Crippen LogP contribution in [0.15, 0.2) is 58.5 Å². The summed E-state index contributed by atoms with van der Waals surface area (Å²) < 4.78 is 5.82. The van der Waals surface area contributed by atoms with Gasteiger partial charge in [0.05, 0.1) is 0 Å². The van der Waals surface area contributed by atoms with E-state index in [1.54, 1.807) is 23.1 Å².